The number of nitrogens with zero attached hydrogens (tertiary/aromatic N) is 2. The molecule has 0 unspecified atom stereocenters. The standard InChI is InChI=1S/C19H23N3O3/c1-14-13-17(21-25-14)19(24)20-16-9-11-22(12-10-16)18(23)8-7-15-5-3-2-4-6-15/h2-6,13,16H,7-12H2,1H3,(H,20,24). The third-order valence-corrected chi connectivity index (χ3v) is 4.51. The summed E-state index contributed by atoms with van der Waals surface area (Å²) in [4.78, 5) is 26.3. The molecule has 1 N–H and O–H groups in total. The number of rotatable bonds is 5. The highest BCUT2D eigenvalue weighted by molar-refractivity contribution is 5.92. The maximum atomic E-state index is 12.3. The molecule has 1 aliphatic heterocycles. The summed E-state index contributed by atoms with van der Waals surface area (Å²) in [6, 6.07) is 11.7. The summed E-state index contributed by atoms with van der Waals surface area (Å²) in [7, 11) is 0. The molecule has 0 spiro atoms. The third-order valence-electron chi connectivity index (χ3n) is 4.51. The summed E-state index contributed by atoms with van der Waals surface area (Å²) in [5.41, 5.74) is 1.49. The Morgan fingerprint density at radius 2 is 1.96 bits per heavy atom. The van der Waals surface area contributed by atoms with E-state index in [2.05, 4.69) is 10.5 Å². The summed E-state index contributed by atoms with van der Waals surface area (Å²) in [6.45, 7) is 3.11. The number of hydrogen-bond donors (Lipinski definition) is 1. The summed E-state index contributed by atoms with van der Waals surface area (Å²) < 4.78 is 4.92. The van der Waals surface area contributed by atoms with Crippen molar-refractivity contribution in [2.45, 2.75) is 38.6 Å². The van der Waals surface area contributed by atoms with E-state index < -0.39 is 0 Å². The molecule has 0 radical (unpaired) electrons. The van der Waals surface area contributed by atoms with Gasteiger partial charge in [-0.15, -0.1) is 0 Å². The fourth-order valence-electron chi connectivity index (χ4n) is 3.06. The Bertz CT molecular complexity index is 719. The first kappa shape index (κ1) is 17.2. The van der Waals surface area contributed by atoms with Crippen LogP contribution in [0.2, 0.25) is 0 Å². The van der Waals surface area contributed by atoms with Crippen molar-refractivity contribution in [2.75, 3.05) is 13.1 Å². The van der Waals surface area contributed by atoms with E-state index in [9.17, 15) is 9.59 Å². The minimum absolute atomic E-state index is 0.0719. The number of carbonyl (C=O) groups is 2. The maximum absolute atomic E-state index is 12.3. The van der Waals surface area contributed by atoms with Crippen molar-refractivity contribution in [1.29, 1.82) is 0 Å². The summed E-state index contributed by atoms with van der Waals surface area (Å²) in [5, 5.41) is 6.69. The maximum Gasteiger partial charge on any atom is 0.273 e. The molecule has 0 saturated carbocycles. The normalized spacial score (nSPS) is 15.2. The molecule has 0 aliphatic carbocycles. The van der Waals surface area contributed by atoms with Gasteiger partial charge in [-0.25, -0.2) is 0 Å². The molecular weight excluding hydrogens is 318 g/mol. The van der Waals surface area contributed by atoms with Gasteiger partial charge in [0.15, 0.2) is 5.69 Å². The molecule has 0 bridgehead atoms. The zero-order valence-corrected chi connectivity index (χ0v) is 14.4. The SMILES string of the molecule is Cc1cc(C(=O)NC2CCN(C(=O)CCc3ccccc3)CC2)no1. The summed E-state index contributed by atoms with van der Waals surface area (Å²) >= 11 is 0. The average Bonchev–Trinajstić information content (AvgIpc) is 3.08. The molecule has 2 heterocycles. The van der Waals surface area contributed by atoms with E-state index in [4.69, 9.17) is 4.52 Å². The number of carbonyl (C=O) groups excluding carboxylic acids is 2. The molecule has 1 aromatic carbocycles. The van der Waals surface area contributed by atoms with Gasteiger partial charge in [-0.05, 0) is 31.7 Å². The van der Waals surface area contributed by atoms with E-state index in [1.807, 2.05) is 35.2 Å². The molecule has 25 heavy (non-hydrogen) atoms. The van der Waals surface area contributed by atoms with Crippen molar-refractivity contribution < 1.29 is 14.1 Å². The zero-order valence-electron chi connectivity index (χ0n) is 14.4. The van der Waals surface area contributed by atoms with E-state index in [1.165, 1.54) is 5.56 Å². The Hall–Kier alpha value is -2.63. The second kappa shape index (κ2) is 7.96. The summed E-state index contributed by atoms with van der Waals surface area (Å²) in [5.74, 6) is 0.579. The number of amides is 2. The van der Waals surface area contributed by atoms with Gasteiger partial charge in [-0.2, -0.15) is 0 Å². The smallest absolute Gasteiger partial charge is 0.273 e. The lowest BCUT2D eigenvalue weighted by molar-refractivity contribution is -0.132. The van der Waals surface area contributed by atoms with Crippen LogP contribution >= 0.6 is 0 Å². The van der Waals surface area contributed by atoms with Crippen LogP contribution < -0.4 is 5.32 Å². The molecule has 1 aromatic heterocycles. The molecule has 6 nitrogen and oxygen atoms in total. The van der Waals surface area contributed by atoms with Gasteiger partial charge in [-0.3, -0.25) is 9.59 Å². The Morgan fingerprint density at radius 3 is 2.60 bits per heavy atom. The van der Waals surface area contributed by atoms with E-state index in [0.717, 1.165) is 19.3 Å². The van der Waals surface area contributed by atoms with Crippen LogP contribution in [0.4, 0.5) is 0 Å². The zero-order chi connectivity index (χ0) is 17.6. The minimum Gasteiger partial charge on any atom is -0.361 e. The van der Waals surface area contributed by atoms with Gasteiger partial charge < -0.3 is 14.7 Å². The number of benzene rings is 1. The Kier molecular flexibility index (Phi) is 5.48. The number of aromatic nitrogens is 1. The number of hydrogen-bond acceptors (Lipinski definition) is 4. The van der Waals surface area contributed by atoms with Gasteiger partial charge in [0.05, 0.1) is 0 Å². The largest absolute Gasteiger partial charge is 0.361 e. The monoisotopic (exact) mass is 341 g/mol. The van der Waals surface area contributed by atoms with Gasteiger partial charge in [0, 0.05) is 31.6 Å². The molecule has 2 amide bonds. The van der Waals surface area contributed by atoms with Crippen LogP contribution in [0.1, 0.15) is 41.1 Å². The van der Waals surface area contributed by atoms with Crippen LogP contribution in [0.5, 0.6) is 0 Å². The number of likely N-dealkylation sites (tertiary alicyclic amines) is 1. The first-order chi connectivity index (χ1) is 12.1. The number of aryl methyl sites for hydroxylation is 2. The lowest BCUT2D eigenvalue weighted by atomic mass is 10.0. The molecule has 0 atom stereocenters. The van der Waals surface area contributed by atoms with Gasteiger partial charge in [-0.1, -0.05) is 35.5 Å². The van der Waals surface area contributed by atoms with E-state index in [0.29, 0.717) is 31.0 Å². The van der Waals surface area contributed by atoms with Crippen molar-refractivity contribution in [2.24, 2.45) is 0 Å². The summed E-state index contributed by atoms with van der Waals surface area (Å²) in [6.07, 6.45) is 2.82. The average molecular weight is 341 g/mol. The highest BCUT2D eigenvalue weighted by Crippen LogP contribution is 2.14. The Morgan fingerprint density at radius 1 is 1.24 bits per heavy atom. The van der Waals surface area contributed by atoms with E-state index in [-0.39, 0.29) is 17.9 Å². The van der Waals surface area contributed by atoms with E-state index in [1.54, 1.807) is 13.0 Å². The first-order valence-electron chi connectivity index (χ1n) is 8.67. The van der Waals surface area contributed by atoms with Gasteiger partial charge in [0.25, 0.3) is 5.91 Å². The minimum atomic E-state index is -0.217. The molecule has 1 fully saturated rings. The quantitative estimate of drug-likeness (QED) is 0.906. The lowest BCUT2D eigenvalue weighted by Crippen LogP contribution is -2.46. The molecule has 1 saturated heterocycles. The fourth-order valence-corrected chi connectivity index (χ4v) is 3.06. The fraction of sp³-hybridized carbons (Fsp3) is 0.421. The predicted molar refractivity (Wildman–Crippen MR) is 93.1 cm³/mol. The molecular formula is C19H23N3O3. The van der Waals surface area contributed by atoms with Crippen molar-refractivity contribution >= 4 is 11.8 Å². The van der Waals surface area contributed by atoms with Crippen molar-refractivity contribution in [1.82, 2.24) is 15.4 Å². The predicted octanol–water partition coefficient (Wildman–Crippen LogP) is 2.34. The number of piperidine rings is 1. The van der Waals surface area contributed by atoms with Crippen LogP contribution in [-0.2, 0) is 11.2 Å². The second-order valence-corrected chi connectivity index (χ2v) is 6.44. The highest BCUT2D eigenvalue weighted by Gasteiger charge is 2.24. The van der Waals surface area contributed by atoms with Crippen molar-refractivity contribution in [3.8, 4) is 0 Å². The molecule has 1 aliphatic rings. The Labute approximate surface area is 147 Å². The first-order valence-corrected chi connectivity index (χ1v) is 8.67. The van der Waals surface area contributed by atoms with Crippen LogP contribution in [0.3, 0.4) is 0 Å². The second-order valence-electron chi connectivity index (χ2n) is 6.44. The third kappa shape index (κ3) is 4.68. The highest BCUT2D eigenvalue weighted by atomic mass is 16.5. The Balaban J connectivity index is 1.42. The molecule has 6 heteroatoms. The molecule has 2 aromatic rings. The van der Waals surface area contributed by atoms with Crippen molar-refractivity contribution in [3.05, 3.63) is 53.4 Å². The van der Waals surface area contributed by atoms with Crippen LogP contribution in [0.25, 0.3) is 0 Å². The van der Waals surface area contributed by atoms with Crippen LogP contribution in [0, 0.1) is 6.92 Å². The van der Waals surface area contributed by atoms with Crippen LogP contribution in [0.15, 0.2) is 40.9 Å². The van der Waals surface area contributed by atoms with E-state index >= 15 is 0 Å². The van der Waals surface area contributed by atoms with Crippen LogP contribution in [-0.4, -0.2) is 41.0 Å². The van der Waals surface area contributed by atoms with Gasteiger partial charge in [0.2, 0.25) is 5.91 Å². The molecule has 3 rings (SSSR count). The topological polar surface area (TPSA) is 75.4 Å². The van der Waals surface area contributed by atoms with Crippen molar-refractivity contribution in [3.63, 3.8) is 0 Å². The van der Waals surface area contributed by atoms with Gasteiger partial charge in [0.1, 0.15) is 5.76 Å². The lowest BCUT2D eigenvalue weighted by Gasteiger charge is -2.32. The number of nitrogens with one attached hydrogen (secondary N) is 1. The van der Waals surface area contributed by atoms with Gasteiger partial charge >= 0.3 is 0 Å². The molecule has 132 valence electrons.